The summed E-state index contributed by atoms with van der Waals surface area (Å²) in [7, 11) is 1.39. The molecule has 0 radical (unpaired) electrons. The van der Waals surface area contributed by atoms with Gasteiger partial charge in [0.2, 0.25) is 6.10 Å². The minimum Gasteiger partial charge on any atom is -0.347 e. The van der Waals surface area contributed by atoms with E-state index in [0.29, 0.717) is 6.61 Å². The summed E-state index contributed by atoms with van der Waals surface area (Å²) >= 11 is 0. The number of hydrogen-bond acceptors (Lipinski definition) is 3. The van der Waals surface area contributed by atoms with Crippen molar-refractivity contribution in [1.82, 2.24) is 0 Å². The molecule has 1 fully saturated rings. The molecule has 1 atom stereocenters. The third-order valence-corrected chi connectivity index (χ3v) is 1.49. The third-order valence-electron chi connectivity index (χ3n) is 1.49. The molecule has 0 aliphatic carbocycles. The Kier molecular flexibility index (Phi) is 2.15. The van der Waals surface area contributed by atoms with Crippen LogP contribution in [-0.4, -0.2) is 36.4 Å². The fraction of sp³-hybridized carbons (Fsp3) is 0.857. The van der Waals surface area contributed by atoms with E-state index in [-0.39, 0.29) is 5.97 Å². The van der Waals surface area contributed by atoms with E-state index in [4.69, 9.17) is 14.3 Å². The zero-order valence-corrected chi connectivity index (χ0v) is 6.96. The van der Waals surface area contributed by atoms with Crippen molar-refractivity contribution in [3.63, 3.8) is 0 Å². The Bertz CT molecular complexity index is 164. The number of esters is 1. The van der Waals surface area contributed by atoms with E-state index in [9.17, 15) is 0 Å². The molecule has 0 bridgehead atoms. The second-order valence-corrected chi connectivity index (χ2v) is 2.86. The average molecular weight is 161 g/mol. The van der Waals surface area contributed by atoms with Gasteiger partial charge in [-0.15, -0.1) is 0 Å². The quantitative estimate of drug-likeness (QED) is 0.410. The van der Waals surface area contributed by atoms with Crippen LogP contribution in [0.5, 0.6) is 0 Å². The molecule has 0 amide bonds. The second kappa shape index (κ2) is 2.79. The molecule has 1 N–H and O–H groups in total. The fourth-order valence-corrected chi connectivity index (χ4v) is 0.940. The summed E-state index contributed by atoms with van der Waals surface area (Å²) in [5.74, 6) is -0.743. The normalized spacial score (nSPS) is 28.5. The van der Waals surface area contributed by atoms with E-state index >= 15 is 0 Å². The van der Waals surface area contributed by atoms with Crippen LogP contribution in [-0.2, 0) is 14.2 Å². The summed E-state index contributed by atoms with van der Waals surface area (Å²) in [6.45, 7) is 3.92. The van der Waals surface area contributed by atoms with Crippen LogP contribution >= 0.6 is 0 Å². The lowest BCUT2D eigenvalue weighted by Gasteiger charge is -2.14. The van der Waals surface area contributed by atoms with Gasteiger partial charge in [-0.1, -0.05) is 0 Å². The summed E-state index contributed by atoms with van der Waals surface area (Å²) in [6.07, 6.45) is -0.449. The number of ether oxygens (including phenoxy) is 3. The zero-order chi connectivity index (χ0) is 8.48. The highest BCUT2D eigenvalue weighted by atomic mass is 16.8. The van der Waals surface area contributed by atoms with Gasteiger partial charge in [0.15, 0.2) is 12.9 Å². The van der Waals surface area contributed by atoms with E-state index in [1.54, 1.807) is 13.8 Å². The maximum atomic E-state index is 9.08. The Hall–Kier alpha value is -0.610. The first-order valence-electron chi connectivity index (χ1n) is 3.47. The van der Waals surface area contributed by atoms with Crippen molar-refractivity contribution in [3.05, 3.63) is 0 Å². The van der Waals surface area contributed by atoms with Gasteiger partial charge >= 0.3 is 5.97 Å². The summed E-state index contributed by atoms with van der Waals surface area (Å²) in [4.78, 5) is 9.08. The second-order valence-electron chi connectivity index (χ2n) is 2.86. The molecule has 4 heteroatoms. The first-order chi connectivity index (χ1) is 5.05. The predicted molar refractivity (Wildman–Crippen MR) is 38.9 cm³/mol. The molecule has 1 aliphatic heterocycles. The topological polar surface area (TPSA) is 49.1 Å². The van der Waals surface area contributed by atoms with Crippen molar-refractivity contribution in [2.75, 3.05) is 13.7 Å². The van der Waals surface area contributed by atoms with Crippen LogP contribution in [0.4, 0.5) is 0 Å². The van der Waals surface area contributed by atoms with Crippen molar-refractivity contribution >= 4 is 5.97 Å². The van der Waals surface area contributed by atoms with Gasteiger partial charge in [-0.3, -0.25) is 0 Å². The minimum atomic E-state index is -0.614. The highest BCUT2D eigenvalue weighted by Gasteiger charge is 2.41. The lowest BCUT2D eigenvalue weighted by molar-refractivity contribution is -0.133. The lowest BCUT2D eigenvalue weighted by atomic mass is 10.4. The van der Waals surface area contributed by atoms with Crippen LogP contribution in [0.25, 0.3) is 0 Å². The van der Waals surface area contributed by atoms with E-state index in [1.807, 2.05) is 0 Å². The van der Waals surface area contributed by atoms with E-state index in [2.05, 4.69) is 4.74 Å². The van der Waals surface area contributed by atoms with Crippen molar-refractivity contribution in [2.24, 2.45) is 0 Å². The van der Waals surface area contributed by atoms with Crippen LogP contribution in [0.15, 0.2) is 0 Å². The Morgan fingerprint density at radius 3 is 2.64 bits per heavy atom. The fourth-order valence-electron chi connectivity index (χ4n) is 0.940. The third kappa shape index (κ3) is 1.91. The van der Waals surface area contributed by atoms with Gasteiger partial charge in [0.25, 0.3) is 0 Å². The largest absolute Gasteiger partial charge is 0.515 e. The van der Waals surface area contributed by atoms with Gasteiger partial charge in [0.1, 0.15) is 0 Å². The molecule has 1 rings (SSSR count). The molecule has 0 aromatic heterocycles. The molecular weight excluding hydrogens is 148 g/mol. The monoisotopic (exact) mass is 161 g/mol. The Balaban J connectivity index is 2.48. The van der Waals surface area contributed by atoms with Gasteiger partial charge in [-0.25, -0.2) is 0 Å². The van der Waals surface area contributed by atoms with Crippen LogP contribution in [0.3, 0.4) is 0 Å². The maximum Gasteiger partial charge on any atom is 0.515 e. The van der Waals surface area contributed by atoms with Gasteiger partial charge in [0.05, 0.1) is 6.61 Å². The molecule has 1 saturated heterocycles. The van der Waals surface area contributed by atoms with E-state index in [1.165, 1.54) is 7.11 Å². The highest BCUT2D eigenvalue weighted by molar-refractivity contribution is 5.76. The van der Waals surface area contributed by atoms with E-state index < -0.39 is 11.9 Å². The van der Waals surface area contributed by atoms with Crippen LogP contribution in [0, 0.1) is 0 Å². The number of rotatable bonds is 1. The van der Waals surface area contributed by atoms with Crippen molar-refractivity contribution < 1.29 is 19.0 Å². The van der Waals surface area contributed by atoms with Gasteiger partial charge in [0, 0.05) is 0 Å². The Morgan fingerprint density at radius 2 is 2.27 bits per heavy atom. The molecule has 0 aromatic carbocycles. The number of methoxy groups -OCH3 is 1. The van der Waals surface area contributed by atoms with Crippen LogP contribution in [0.2, 0.25) is 0 Å². The van der Waals surface area contributed by atoms with Gasteiger partial charge in [-0.2, -0.15) is 0 Å². The molecular formula is C7H13O4+. The summed E-state index contributed by atoms with van der Waals surface area (Å²) < 4.78 is 15.1. The van der Waals surface area contributed by atoms with Gasteiger partial charge < -0.3 is 19.0 Å². The number of hydrogen-bond donors (Lipinski definition) is 0. The smallest absolute Gasteiger partial charge is 0.347 e. The SMILES string of the molecule is COC(=[OH+])[C@@H]1COC(C)(C)O1. The van der Waals surface area contributed by atoms with Crippen molar-refractivity contribution in [2.45, 2.75) is 25.7 Å². The lowest BCUT2D eigenvalue weighted by Crippen LogP contribution is -2.27. The average Bonchev–Trinajstić information content (AvgIpc) is 2.29. The molecule has 0 saturated carbocycles. The molecule has 0 unspecified atom stereocenters. The standard InChI is InChI=1S/C7H12O4/c1-7(2)10-4-5(11-7)6(8)9-3/h5H,4H2,1-3H3/p+1/t5-/m0/s1. The summed E-state index contributed by atoms with van der Waals surface area (Å²) in [6, 6.07) is 0. The van der Waals surface area contributed by atoms with Gasteiger partial charge in [-0.05, 0) is 13.8 Å². The predicted octanol–water partition coefficient (Wildman–Crippen LogP) is 0.287. The molecule has 64 valence electrons. The van der Waals surface area contributed by atoms with Crippen molar-refractivity contribution in [1.29, 1.82) is 0 Å². The molecule has 1 aliphatic rings. The summed E-state index contributed by atoms with van der Waals surface area (Å²) in [5.41, 5.74) is 0. The Morgan fingerprint density at radius 1 is 1.64 bits per heavy atom. The number of carbonyl (C=O) groups excluding carboxylic acids is 1. The van der Waals surface area contributed by atoms with E-state index in [0.717, 1.165) is 0 Å². The minimum absolute atomic E-state index is 0.129. The molecule has 0 spiro atoms. The highest BCUT2D eigenvalue weighted by Crippen LogP contribution is 2.22. The van der Waals surface area contributed by atoms with Crippen LogP contribution in [0.1, 0.15) is 13.8 Å². The summed E-state index contributed by atoms with van der Waals surface area (Å²) in [5, 5.41) is 0. The maximum absolute atomic E-state index is 9.08. The zero-order valence-electron chi connectivity index (χ0n) is 6.96. The van der Waals surface area contributed by atoms with Crippen LogP contribution < -0.4 is 0 Å². The molecule has 0 aromatic rings. The van der Waals surface area contributed by atoms with Crippen molar-refractivity contribution in [3.8, 4) is 0 Å². The first kappa shape index (κ1) is 8.49. The molecule has 1 heterocycles. The molecule has 11 heavy (non-hydrogen) atoms. The first-order valence-corrected chi connectivity index (χ1v) is 3.47. The Labute approximate surface area is 65.4 Å². The molecule has 4 nitrogen and oxygen atoms in total.